The molecule has 8 aromatic rings. The Bertz CT molecular complexity index is 3570. The predicted molar refractivity (Wildman–Crippen MR) is 283 cm³/mol. The van der Waals surface area contributed by atoms with Crippen LogP contribution in [0.15, 0.2) is 215 Å². The van der Waals surface area contributed by atoms with Crippen molar-refractivity contribution in [1.82, 2.24) is 0 Å². The molecule has 0 aliphatic heterocycles. The normalized spacial score (nSPS) is 22.6. The van der Waals surface area contributed by atoms with Crippen LogP contribution in [0.2, 0.25) is 0 Å². The minimum absolute atomic E-state index is 0.114. The standard InChI is InChI=1S/C66H57NO/c1-40-37-45-32-36-56(59-48-26-16-19-29-54(48)66(8)60-49-27-17-20-30-57(49)68-61(60)41(2)58(40)62(66)65(45,59)7)67(46-33-34-53-51(39-46)47-25-15-18-28-52(47)64(53,5)6)55-35-31-44(38-50(55)42-21-11-9-12-22-42)63(3,4)43-23-13-10-14-24-43/h9-41H,1-8H3. The molecule has 0 spiro atoms. The van der Waals surface area contributed by atoms with E-state index in [1.165, 1.54) is 94.6 Å². The first-order chi connectivity index (χ1) is 32.8. The SMILES string of the molecule is CC1C=C2C=CC(N(c3ccc4c(c3)-c3ccccc3C4(C)C)c3ccc(C(C)(C)c4ccccc4)cc3-c3ccccc3)=C3c4ccccc4C4(C)C(=C1C(C)c1oc5ccccc5c14)C23C. The maximum atomic E-state index is 6.98. The monoisotopic (exact) mass is 879 g/mol. The summed E-state index contributed by atoms with van der Waals surface area (Å²) in [5.41, 5.74) is 23.3. The molecule has 0 fully saturated rings. The highest BCUT2D eigenvalue weighted by molar-refractivity contribution is 5.99. The van der Waals surface area contributed by atoms with Crippen molar-refractivity contribution in [2.45, 2.75) is 77.6 Å². The highest BCUT2D eigenvalue weighted by atomic mass is 16.3. The Balaban J connectivity index is 1.15. The number of allylic oxidation sites excluding steroid dienone is 7. The van der Waals surface area contributed by atoms with E-state index in [4.69, 9.17) is 4.42 Å². The first kappa shape index (κ1) is 41.1. The molecule has 4 atom stereocenters. The molecule has 0 amide bonds. The summed E-state index contributed by atoms with van der Waals surface area (Å²) < 4.78 is 6.98. The minimum Gasteiger partial charge on any atom is -0.460 e. The van der Waals surface area contributed by atoms with Gasteiger partial charge in [-0.25, -0.2) is 0 Å². The van der Waals surface area contributed by atoms with E-state index in [1.807, 2.05) is 0 Å². The topological polar surface area (TPSA) is 16.4 Å². The lowest BCUT2D eigenvalue weighted by molar-refractivity contribution is 0.405. The van der Waals surface area contributed by atoms with E-state index in [1.54, 1.807) is 0 Å². The molecule has 1 aromatic heterocycles. The molecule has 4 unspecified atom stereocenters. The van der Waals surface area contributed by atoms with Gasteiger partial charge >= 0.3 is 0 Å². The van der Waals surface area contributed by atoms with E-state index in [9.17, 15) is 0 Å². The molecule has 2 heteroatoms. The number of hydrogen-bond donors (Lipinski definition) is 0. The zero-order chi connectivity index (χ0) is 46.5. The minimum atomic E-state index is -0.453. The molecular weight excluding hydrogens is 823 g/mol. The third kappa shape index (κ3) is 5.29. The average molecular weight is 880 g/mol. The van der Waals surface area contributed by atoms with Crippen molar-refractivity contribution in [2.75, 3.05) is 4.90 Å². The van der Waals surface area contributed by atoms with Crippen molar-refractivity contribution in [2.24, 2.45) is 11.3 Å². The molecule has 0 bridgehead atoms. The Morgan fingerprint density at radius 3 is 2.00 bits per heavy atom. The summed E-state index contributed by atoms with van der Waals surface area (Å²) in [6.07, 6.45) is 7.49. The van der Waals surface area contributed by atoms with Crippen LogP contribution in [-0.2, 0) is 16.2 Å². The molecule has 13 rings (SSSR count). The van der Waals surface area contributed by atoms with Crippen molar-refractivity contribution in [3.05, 3.63) is 255 Å². The van der Waals surface area contributed by atoms with Crippen LogP contribution in [0.25, 0.3) is 38.8 Å². The molecule has 1 heterocycles. The van der Waals surface area contributed by atoms with Crippen LogP contribution in [-0.4, -0.2) is 0 Å². The van der Waals surface area contributed by atoms with Gasteiger partial charge in [-0.3, -0.25) is 0 Å². The maximum Gasteiger partial charge on any atom is 0.134 e. The zero-order valence-corrected chi connectivity index (χ0v) is 40.4. The van der Waals surface area contributed by atoms with E-state index in [0.717, 1.165) is 22.7 Å². The summed E-state index contributed by atoms with van der Waals surface area (Å²) in [6.45, 7) is 19.3. The van der Waals surface area contributed by atoms with Crippen molar-refractivity contribution in [3.8, 4) is 22.3 Å². The molecular formula is C66H57NO. The fourth-order valence-electron chi connectivity index (χ4n) is 14.0. The number of benzene rings is 7. The number of para-hydroxylation sites is 1. The van der Waals surface area contributed by atoms with Crippen molar-refractivity contribution in [1.29, 1.82) is 0 Å². The van der Waals surface area contributed by atoms with Gasteiger partial charge in [0.15, 0.2) is 0 Å². The highest BCUT2D eigenvalue weighted by Crippen LogP contribution is 2.71. The van der Waals surface area contributed by atoms with Crippen LogP contribution in [0.3, 0.4) is 0 Å². The molecule has 2 nitrogen and oxygen atoms in total. The molecule has 5 aliphatic rings. The second-order valence-corrected chi connectivity index (χ2v) is 21.5. The van der Waals surface area contributed by atoms with Gasteiger partial charge in [0.2, 0.25) is 0 Å². The number of anilines is 2. The molecule has 0 saturated carbocycles. The maximum absolute atomic E-state index is 6.98. The Hall–Kier alpha value is -7.16. The molecule has 0 N–H and O–H groups in total. The lowest BCUT2D eigenvalue weighted by Gasteiger charge is -2.58. The Kier molecular flexibility index (Phi) is 8.57. The van der Waals surface area contributed by atoms with E-state index in [0.29, 0.717) is 0 Å². The Morgan fingerprint density at radius 1 is 0.559 bits per heavy atom. The molecule has 7 aromatic carbocycles. The van der Waals surface area contributed by atoms with Crippen molar-refractivity contribution in [3.63, 3.8) is 0 Å². The molecule has 332 valence electrons. The summed E-state index contributed by atoms with van der Waals surface area (Å²) in [7, 11) is 0. The number of rotatable bonds is 6. The van der Waals surface area contributed by atoms with E-state index < -0.39 is 10.8 Å². The van der Waals surface area contributed by atoms with Crippen LogP contribution < -0.4 is 4.90 Å². The Labute approximate surface area is 401 Å². The van der Waals surface area contributed by atoms with Gasteiger partial charge < -0.3 is 9.32 Å². The van der Waals surface area contributed by atoms with Crippen LogP contribution in [0.4, 0.5) is 11.4 Å². The van der Waals surface area contributed by atoms with E-state index in [2.05, 4.69) is 248 Å². The average Bonchev–Trinajstić information content (AvgIpc) is 3.87. The van der Waals surface area contributed by atoms with Crippen LogP contribution in [0.1, 0.15) is 106 Å². The van der Waals surface area contributed by atoms with Crippen LogP contribution in [0, 0.1) is 11.3 Å². The summed E-state index contributed by atoms with van der Waals surface area (Å²) in [5.74, 6) is 1.47. The van der Waals surface area contributed by atoms with Gasteiger partial charge in [0.05, 0.1) is 11.4 Å². The van der Waals surface area contributed by atoms with Gasteiger partial charge in [-0.2, -0.15) is 0 Å². The second-order valence-electron chi connectivity index (χ2n) is 21.5. The van der Waals surface area contributed by atoms with Gasteiger partial charge in [0.1, 0.15) is 11.3 Å². The molecule has 0 saturated heterocycles. The summed E-state index contributed by atoms with van der Waals surface area (Å²) in [5, 5.41) is 1.22. The predicted octanol–water partition coefficient (Wildman–Crippen LogP) is 17.2. The highest BCUT2D eigenvalue weighted by Gasteiger charge is 2.61. The van der Waals surface area contributed by atoms with Gasteiger partial charge in [0.25, 0.3) is 0 Å². The molecule has 0 radical (unpaired) electrons. The summed E-state index contributed by atoms with van der Waals surface area (Å²) in [4.78, 5) is 2.63. The fourth-order valence-corrected chi connectivity index (χ4v) is 14.0. The van der Waals surface area contributed by atoms with E-state index >= 15 is 0 Å². The van der Waals surface area contributed by atoms with Crippen LogP contribution in [0.5, 0.6) is 0 Å². The number of hydrogen-bond acceptors (Lipinski definition) is 2. The third-order valence-electron chi connectivity index (χ3n) is 17.3. The number of nitrogens with zero attached hydrogens (tertiary/aromatic N) is 1. The van der Waals surface area contributed by atoms with Crippen LogP contribution >= 0.6 is 0 Å². The lowest BCUT2D eigenvalue weighted by Crippen LogP contribution is -2.49. The third-order valence-corrected chi connectivity index (χ3v) is 17.3. The first-order valence-corrected chi connectivity index (χ1v) is 24.7. The number of fused-ring (bicyclic) bond motifs is 10. The van der Waals surface area contributed by atoms with Gasteiger partial charge in [-0.1, -0.05) is 199 Å². The first-order valence-electron chi connectivity index (χ1n) is 24.7. The largest absolute Gasteiger partial charge is 0.460 e. The fraction of sp³-hybridized carbons (Fsp3) is 0.212. The van der Waals surface area contributed by atoms with Gasteiger partial charge in [-0.15, -0.1) is 0 Å². The smallest absolute Gasteiger partial charge is 0.134 e. The van der Waals surface area contributed by atoms with Gasteiger partial charge in [-0.05, 0) is 123 Å². The van der Waals surface area contributed by atoms with Gasteiger partial charge in [0, 0.05) is 49.8 Å². The lowest BCUT2D eigenvalue weighted by atomic mass is 9.44. The zero-order valence-electron chi connectivity index (χ0n) is 40.4. The molecule has 5 aliphatic carbocycles. The van der Waals surface area contributed by atoms with E-state index in [-0.39, 0.29) is 22.7 Å². The Morgan fingerprint density at radius 2 is 1.22 bits per heavy atom. The summed E-state index contributed by atoms with van der Waals surface area (Å²) >= 11 is 0. The van der Waals surface area contributed by atoms with Crippen molar-refractivity contribution >= 4 is 27.9 Å². The molecule has 68 heavy (non-hydrogen) atoms. The quantitative estimate of drug-likeness (QED) is 0.155. The summed E-state index contributed by atoms with van der Waals surface area (Å²) in [6, 6.07) is 63.7. The number of furan rings is 1. The van der Waals surface area contributed by atoms with Crippen molar-refractivity contribution < 1.29 is 4.42 Å². The second kappa shape index (κ2) is 14.2.